The van der Waals surface area contributed by atoms with Gasteiger partial charge in [-0.2, -0.15) is 0 Å². The molecule has 0 spiro atoms. The van der Waals surface area contributed by atoms with Crippen LogP contribution in [0.5, 0.6) is 0 Å². The normalized spacial score (nSPS) is 14.9. The van der Waals surface area contributed by atoms with Gasteiger partial charge in [-0.15, -0.1) is 0 Å². The lowest BCUT2D eigenvalue weighted by Gasteiger charge is -2.38. The SMILES string of the molecule is Cc1nc2n(c(=O)c1C)CN(CCO)CN2c1ccc(F)cc1. The van der Waals surface area contributed by atoms with Gasteiger partial charge < -0.3 is 5.11 Å². The Kier molecular flexibility index (Phi) is 4.14. The van der Waals surface area contributed by atoms with Crippen LogP contribution in [0.15, 0.2) is 29.1 Å². The molecule has 2 heterocycles. The van der Waals surface area contributed by atoms with Crippen LogP contribution in [0.2, 0.25) is 0 Å². The first-order valence-corrected chi connectivity index (χ1v) is 7.45. The smallest absolute Gasteiger partial charge is 0.259 e. The van der Waals surface area contributed by atoms with E-state index < -0.39 is 0 Å². The number of halogens is 1. The van der Waals surface area contributed by atoms with Crippen LogP contribution in [0.3, 0.4) is 0 Å². The van der Waals surface area contributed by atoms with E-state index in [2.05, 4.69) is 4.98 Å². The van der Waals surface area contributed by atoms with Crippen molar-refractivity contribution in [2.75, 3.05) is 24.7 Å². The van der Waals surface area contributed by atoms with Gasteiger partial charge in [0.1, 0.15) is 5.82 Å². The highest BCUT2D eigenvalue weighted by molar-refractivity contribution is 5.58. The molecule has 0 atom stereocenters. The summed E-state index contributed by atoms with van der Waals surface area (Å²) >= 11 is 0. The zero-order valence-corrected chi connectivity index (χ0v) is 13.2. The quantitative estimate of drug-likeness (QED) is 0.926. The molecule has 23 heavy (non-hydrogen) atoms. The van der Waals surface area contributed by atoms with Gasteiger partial charge in [0.25, 0.3) is 5.56 Å². The van der Waals surface area contributed by atoms with E-state index in [0.29, 0.717) is 37.1 Å². The molecule has 0 saturated heterocycles. The van der Waals surface area contributed by atoms with Crippen molar-refractivity contribution in [1.29, 1.82) is 0 Å². The fourth-order valence-electron chi connectivity index (χ4n) is 2.68. The standard InChI is InChI=1S/C16H19FN4O2/c1-11-12(2)18-16-20(14-5-3-13(17)4-6-14)9-19(7-8-22)10-21(16)15(11)23/h3-6,22H,7-10H2,1-2H3. The average Bonchev–Trinajstić information content (AvgIpc) is 2.54. The molecule has 1 aromatic heterocycles. The maximum absolute atomic E-state index is 13.2. The number of aliphatic hydroxyl groups excluding tert-OH is 1. The van der Waals surface area contributed by atoms with E-state index in [9.17, 15) is 14.3 Å². The summed E-state index contributed by atoms with van der Waals surface area (Å²) in [6.45, 7) is 4.85. The Morgan fingerprint density at radius 2 is 1.91 bits per heavy atom. The molecular formula is C16H19FN4O2. The molecule has 0 amide bonds. The van der Waals surface area contributed by atoms with Crippen LogP contribution < -0.4 is 10.5 Å². The number of aromatic nitrogens is 2. The number of β-amino-alcohol motifs (C(OH)–C–C–N with tert-alkyl or cyclic N) is 1. The van der Waals surface area contributed by atoms with Crippen molar-refractivity contribution >= 4 is 11.6 Å². The molecular weight excluding hydrogens is 299 g/mol. The summed E-state index contributed by atoms with van der Waals surface area (Å²) in [6.07, 6.45) is 0. The van der Waals surface area contributed by atoms with Crippen LogP contribution in [-0.2, 0) is 6.67 Å². The molecule has 1 aliphatic heterocycles. The van der Waals surface area contributed by atoms with Gasteiger partial charge in [0.15, 0.2) is 0 Å². The molecule has 1 aromatic carbocycles. The number of nitrogens with zero attached hydrogens (tertiary/aromatic N) is 4. The summed E-state index contributed by atoms with van der Waals surface area (Å²) in [5.41, 5.74) is 1.95. The van der Waals surface area contributed by atoms with Gasteiger partial charge in [-0.05, 0) is 38.1 Å². The van der Waals surface area contributed by atoms with Gasteiger partial charge in [-0.1, -0.05) is 0 Å². The molecule has 2 aromatic rings. The second kappa shape index (κ2) is 6.10. The Bertz CT molecular complexity index is 773. The second-order valence-corrected chi connectivity index (χ2v) is 5.66. The van der Waals surface area contributed by atoms with E-state index in [0.717, 1.165) is 5.69 Å². The van der Waals surface area contributed by atoms with Crippen molar-refractivity contribution in [3.05, 3.63) is 51.7 Å². The zero-order valence-electron chi connectivity index (χ0n) is 13.2. The van der Waals surface area contributed by atoms with E-state index in [1.54, 1.807) is 30.5 Å². The third-order valence-electron chi connectivity index (χ3n) is 4.10. The molecule has 0 fully saturated rings. The summed E-state index contributed by atoms with van der Waals surface area (Å²) in [4.78, 5) is 20.9. The number of benzene rings is 1. The Balaban J connectivity index is 2.13. The molecule has 0 bridgehead atoms. The first-order chi connectivity index (χ1) is 11.0. The van der Waals surface area contributed by atoms with Crippen LogP contribution >= 0.6 is 0 Å². The minimum atomic E-state index is -0.316. The topological polar surface area (TPSA) is 61.6 Å². The Morgan fingerprint density at radius 3 is 2.57 bits per heavy atom. The van der Waals surface area contributed by atoms with Crippen molar-refractivity contribution in [3.8, 4) is 0 Å². The van der Waals surface area contributed by atoms with Crippen LogP contribution in [0, 0.1) is 19.7 Å². The summed E-state index contributed by atoms with van der Waals surface area (Å²) in [5, 5.41) is 9.21. The molecule has 0 radical (unpaired) electrons. The Morgan fingerprint density at radius 1 is 1.22 bits per heavy atom. The lowest BCUT2D eigenvalue weighted by atomic mass is 10.2. The van der Waals surface area contributed by atoms with Crippen molar-refractivity contribution < 1.29 is 9.50 Å². The van der Waals surface area contributed by atoms with Crippen LogP contribution in [0.1, 0.15) is 11.3 Å². The summed E-state index contributed by atoms with van der Waals surface area (Å²) < 4.78 is 14.8. The van der Waals surface area contributed by atoms with Crippen molar-refractivity contribution in [2.24, 2.45) is 0 Å². The van der Waals surface area contributed by atoms with Gasteiger partial charge in [0.2, 0.25) is 5.95 Å². The third kappa shape index (κ3) is 2.85. The lowest BCUT2D eigenvalue weighted by Crippen LogP contribution is -2.48. The summed E-state index contributed by atoms with van der Waals surface area (Å²) in [6, 6.07) is 6.07. The van der Waals surface area contributed by atoms with Crippen LogP contribution in [-0.4, -0.2) is 39.4 Å². The number of aliphatic hydroxyl groups is 1. The van der Waals surface area contributed by atoms with Crippen molar-refractivity contribution in [1.82, 2.24) is 14.5 Å². The van der Waals surface area contributed by atoms with Crippen molar-refractivity contribution in [2.45, 2.75) is 20.5 Å². The average molecular weight is 318 g/mol. The highest BCUT2D eigenvalue weighted by Crippen LogP contribution is 2.27. The van der Waals surface area contributed by atoms with E-state index in [4.69, 9.17) is 0 Å². The molecule has 7 heteroatoms. The number of anilines is 2. The van der Waals surface area contributed by atoms with Gasteiger partial charge in [-0.3, -0.25) is 19.2 Å². The summed E-state index contributed by atoms with van der Waals surface area (Å²) in [5.74, 6) is 0.224. The Hall–Kier alpha value is -2.25. The van der Waals surface area contributed by atoms with Crippen LogP contribution in [0.4, 0.5) is 16.0 Å². The number of hydrogen-bond acceptors (Lipinski definition) is 5. The van der Waals surface area contributed by atoms with E-state index in [1.807, 2.05) is 9.80 Å². The molecule has 1 aliphatic rings. The van der Waals surface area contributed by atoms with E-state index >= 15 is 0 Å². The van der Waals surface area contributed by atoms with Crippen LogP contribution in [0.25, 0.3) is 0 Å². The van der Waals surface area contributed by atoms with Gasteiger partial charge >= 0.3 is 0 Å². The molecule has 0 saturated carbocycles. The molecule has 122 valence electrons. The minimum absolute atomic E-state index is 0.000383. The number of fused-ring (bicyclic) bond motifs is 1. The number of aryl methyl sites for hydroxylation is 1. The van der Waals surface area contributed by atoms with Gasteiger partial charge in [0, 0.05) is 23.5 Å². The molecule has 0 unspecified atom stereocenters. The van der Waals surface area contributed by atoms with E-state index in [1.165, 1.54) is 12.1 Å². The fraction of sp³-hybridized carbons (Fsp3) is 0.375. The molecule has 6 nitrogen and oxygen atoms in total. The van der Waals surface area contributed by atoms with E-state index in [-0.39, 0.29) is 18.0 Å². The molecule has 1 N–H and O–H groups in total. The molecule has 0 aliphatic carbocycles. The lowest BCUT2D eigenvalue weighted by molar-refractivity contribution is 0.152. The molecule has 3 rings (SSSR count). The third-order valence-corrected chi connectivity index (χ3v) is 4.10. The maximum atomic E-state index is 13.2. The Labute approximate surface area is 133 Å². The van der Waals surface area contributed by atoms with Gasteiger partial charge in [0.05, 0.1) is 19.9 Å². The van der Waals surface area contributed by atoms with Gasteiger partial charge in [-0.25, -0.2) is 9.37 Å². The number of rotatable bonds is 3. The first-order valence-electron chi connectivity index (χ1n) is 7.45. The highest BCUT2D eigenvalue weighted by Gasteiger charge is 2.26. The minimum Gasteiger partial charge on any atom is -0.395 e. The predicted octanol–water partition coefficient (Wildman–Crippen LogP) is 1.36. The second-order valence-electron chi connectivity index (χ2n) is 5.66. The largest absolute Gasteiger partial charge is 0.395 e. The summed E-state index contributed by atoms with van der Waals surface area (Å²) in [7, 11) is 0. The van der Waals surface area contributed by atoms with Crippen molar-refractivity contribution in [3.63, 3.8) is 0 Å². The predicted molar refractivity (Wildman–Crippen MR) is 85.2 cm³/mol. The first kappa shape index (κ1) is 15.6. The fourth-order valence-corrected chi connectivity index (χ4v) is 2.68. The zero-order chi connectivity index (χ0) is 16.6. The highest BCUT2D eigenvalue weighted by atomic mass is 19.1. The maximum Gasteiger partial charge on any atom is 0.259 e. The number of hydrogen-bond donors (Lipinski definition) is 1. The monoisotopic (exact) mass is 318 g/mol.